The third-order valence-corrected chi connectivity index (χ3v) is 6.04. The van der Waals surface area contributed by atoms with Crippen LogP contribution in [-0.4, -0.2) is 30.0 Å². The van der Waals surface area contributed by atoms with Gasteiger partial charge in [0.2, 0.25) is 5.91 Å². The molecule has 0 atom stereocenters. The quantitative estimate of drug-likeness (QED) is 0.425. The van der Waals surface area contributed by atoms with Gasteiger partial charge in [-0.1, -0.05) is 50.9 Å². The third kappa shape index (κ3) is 5.02. The van der Waals surface area contributed by atoms with Gasteiger partial charge in [0.25, 0.3) is 5.91 Å². The molecule has 0 unspecified atom stereocenters. The van der Waals surface area contributed by atoms with Crippen molar-refractivity contribution in [3.63, 3.8) is 0 Å². The molecule has 176 valence electrons. The number of hydrogen-bond donors (Lipinski definition) is 1. The van der Waals surface area contributed by atoms with Gasteiger partial charge in [0.1, 0.15) is 0 Å². The highest BCUT2D eigenvalue weighted by molar-refractivity contribution is 6.37. The Morgan fingerprint density at radius 3 is 2.39 bits per heavy atom. The lowest BCUT2D eigenvalue weighted by atomic mass is 10.00. The van der Waals surface area contributed by atoms with Crippen LogP contribution in [-0.2, 0) is 11.2 Å². The second-order valence-corrected chi connectivity index (χ2v) is 9.33. The minimum Gasteiger partial charge on any atom is -0.494 e. The molecule has 0 radical (unpaired) electrons. The number of methoxy groups -OCH3 is 1. The van der Waals surface area contributed by atoms with Crippen LogP contribution in [0.2, 0.25) is 10.0 Å². The fourth-order valence-corrected chi connectivity index (χ4v) is 4.40. The number of ether oxygens (including phenoxy) is 1. The van der Waals surface area contributed by atoms with Crippen LogP contribution in [0.4, 0.5) is 4.39 Å². The Hall–Kier alpha value is -2.57. The second kappa shape index (κ2) is 10.1. The first-order valence-electron chi connectivity index (χ1n) is 10.7. The van der Waals surface area contributed by atoms with Crippen molar-refractivity contribution < 1.29 is 18.7 Å². The van der Waals surface area contributed by atoms with Crippen molar-refractivity contribution in [2.45, 2.75) is 40.0 Å². The summed E-state index contributed by atoms with van der Waals surface area (Å²) in [5, 5.41) is 4.23. The predicted molar refractivity (Wildman–Crippen MR) is 130 cm³/mol. The first-order chi connectivity index (χ1) is 15.6. The maximum Gasteiger partial charge on any atom is 0.264 e. The van der Waals surface area contributed by atoms with E-state index in [9.17, 15) is 14.0 Å². The smallest absolute Gasteiger partial charge is 0.264 e. The lowest BCUT2D eigenvalue weighted by Gasteiger charge is -2.15. The van der Waals surface area contributed by atoms with Gasteiger partial charge in [-0.05, 0) is 42.2 Å². The number of aromatic nitrogens is 1. The molecule has 0 aliphatic rings. The normalized spacial score (nSPS) is 11.5. The number of fused-ring (bicyclic) bond motifs is 1. The summed E-state index contributed by atoms with van der Waals surface area (Å²) >= 11 is 12.3. The van der Waals surface area contributed by atoms with E-state index in [1.807, 2.05) is 27.7 Å². The summed E-state index contributed by atoms with van der Waals surface area (Å²) in [6, 6.07) is 7.56. The average Bonchev–Trinajstić information content (AvgIpc) is 3.05. The fraction of sp³-hybridized carbons (Fsp3) is 0.360. The van der Waals surface area contributed by atoms with Crippen molar-refractivity contribution in [1.82, 2.24) is 9.88 Å². The monoisotopic (exact) mass is 492 g/mol. The fourth-order valence-electron chi connectivity index (χ4n) is 3.92. The summed E-state index contributed by atoms with van der Waals surface area (Å²) in [6.45, 7) is 7.95. The molecule has 0 bridgehead atoms. The number of carbonyl (C=O) groups is 2. The molecule has 2 aromatic carbocycles. The van der Waals surface area contributed by atoms with Crippen LogP contribution >= 0.6 is 23.2 Å². The highest BCUT2D eigenvalue weighted by Gasteiger charge is 2.27. The van der Waals surface area contributed by atoms with E-state index in [4.69, 9.17) is 27.9 Å². The number of benzene rings is 2. The molecule has 0 fully saturated rings. The largest absolute Gasteiger partial charge is 0.494 e. The number of amides is 1. The van der Waals surface area contributed by atoms with Crippen molar-refractivity contribution in [3.05, 3.63) is 63.0 Å². The molecular formula is C25H27Cl2FN2O3. The first kappa shape index (κ1) is 25.1. The maximum absolute atomic E-state index is 14.7. The molecule has 0 spiro atoms. The van der Waals surface area contributed by atoms with Crippen LogP contribution in [0.15, 0.2) is 30.3 Å². The van der Waals surface area contributed by atoms with E-state index in [-0.39, 0.29) is 40.0 Å². The molecule has 1 amide bonds. The van der Waals surface area contributed by atoms with E-state index in [0.29, 0.717) is 28.9 Å². The molecule has 0 saturated heterocycles. The molecule has 0 aliphatic heterocycles. The molecule has 1 heterocycles. The van der Waals surface area contributed by atoms with Crippen LogP contribution in [0.25, 0.3) is 10.9 Å². The van der Waals surface area contributed by atoms with Gasteiger partial charge in [-0.15, -0.1) is 0 Å². The van der Waals surface area contributed by atoms with Gasteiger partial charge in [-0.3, -0.25) is 14.2 Å². The summed E-state index contributed by atoms with van der Waals surface area (Å²) in [5.41, 5.74) is 2.25. The van der Waals surface area contributed by atoms with Gasteiger partial charge in [0.15, 0.2) is 11.6 Å². The van der Waals surface area contributed by atoms with E-state index < -0.39 is 5.82 Å². The van der Waals surface area contributed by atoms with Gasteiger partial charge < -0.3 is 10.1 Å². The van der Waals surface area contributed by atoms with E-state index in [1.165, 1.54) is 23.8 Å². The Kier molecular flexibility index (Phi) is 7.70. The molecule has 0 aliphatic carbocycles. The number of rotatable bonds is 7. The first-order valence-corrected chi connectivity index (χ1v) is 11.5. The summed E-state index contributed by atoms with van der Waals surface area (Å²) in [5.74, 6) is -1.14. The zero-order valence-electron chi connectivity index (χ0n) is 19.3. The summed E-state index contributed by atoms with van der Waals surface area (Å²) in [7, 11) is 1.39. The van der Waals surface area contributed by atoms with Crippen molar-refractivity contribution in [1.29, 1.82) is 0 Å². The summed E-state index contributed by atoms with van der Waals surface area (Å²) in [4.78, 5) is 25.7. The number of nitrogens with zero attached hydrogens (tertiary/aromatic N) is 1. The highest BCUT2D eigenvalue weighted by Crippen LogP contribution is 2.36. The second-order valence-electron chi connectivity index (χ2n) is 8.48. The summed E-state index contributed by atoms with van der Waals surface area (Å²) in [6.07, 6.45) is 0.464. The molecule has 0 saturated carbocycles. The molecule has 5 nitrogen and oxygen atoms in total. The van der Waals surface area contributed by atoms with E-state index in [2.05, 4.69) is 5.32 Å². The zero-order valence-corrected chi connectivity index (χ0v) is 20.8. The Balaban J connectivity index is 2.23. The maximum atomic E-state index is 14.7. The minimum atomic E-state index is -0.575. The Labute approximate surface area is 202 Å². The Morgan fingerprint density at radius 2 is 1.82 bits per heavy atom. The lowest BCUT2D eigenvalue weighted by Crippen LogP contribution is -2.29. The van der Waals surface area contributed by atoms with Gasteiger partial charge in [0.05, 0.1) is 23.2 Å². The van der Waals surface area contributed by atoms with Crippen molar-refractivity contribution in [2.75, 3.05) is 13.7 Å². The molecule has 1 N–H and O–H groups in total. The number of nitrogens with one attached hydrogen (secondary N) is 1. The van der Waals surface area contributed by atoms with Crippen molar-refractivity contribution >= 4 is 45.9 Å². The lowest BCUT2D eigenvalue weighted by molar-refractivity contribution is -0.123. The van der Waals surface area contributed by atoms with E-state index in [0.717, 1.165) is 11.3 Å². The topological polar surface area (TPSA) is 60.3 Å². The van der Waals surface area contributed by atoms with Crippen LogP contribution in [0.5, 0.6) is 5.75 Å². The standard InChI is InChI=1S/C25H27Cl2FN2O3/c1-13(2)23-16(8-9-29-24(31)14(3)4)18-11-22(33-5)20(28)12-21(18)30(23)25(32)17-7-6-15(26)10-19(17)27/h6-7,10-14H,8-9H2,1-5H3,(H,29,31). The minimum absolute atomic E-state index is 0.0579. The van der Waals surface area contributed by atoms with E-state index in [1.54, 1.807) is 18.2 Å². The van der Waals surface area contributed by atoms with Crippen LogP contribution in [0, 0.1) is 11.7 Å². The van der Waals surface area contributed by atoms with Crippen LogP contribution in [0.3, 0.4) is 0 Å². The zero-order chi connectivity index (χ0) is 24.4. The molecular weight excluding hydrogens is 466 g/mol. The number of halogens is 3. The Morgan fingerprint density at radius 1 is 1.12 bits per heavy atom. The molecule has 3 aromatic rings. The van der Waals surface area contributed by atoms with Gasteiger partial charge >= 0.3 is 0 Å². The molecule has 1 aromatic heterocycles. The molecule has 3 rings (SSSR count). The number of carbonyl (C=O) groups excluding carboxylic acids is 2. The average molecular weight is 493 g/mol. The van der Waals surface area contributed by atoms with Gasteiger partial charge in [-0.25, -0.2) is 4.39 Å². The third-order valence-electron chi connectivity index (χ3n) is 5.50. The highest BCUT2D eigenvalue weighted by atomic mass is 35.5. The molecule has 8 heteroatoms. The SMILES string of the molecule is COc1cc2c(CCNC(=O)C(C)C)c(C(C)C)n(C(=O)c3ccc(Cl)cc3Cl)c2cc1F. The molecule has 33 heavy (non-hydrogen) atoms. The predicted octanol–water partition coefficient (Wildman–Crippen LogP) is 6.22. The van der Waals surface area contributed by atoms with E-state index >= 15 is 0 Å². The van der Waals surface area contributed by atoms with Gasteiger partial charge in [-0.2, -0.15) is 0 Å². The van der Waals surface area contributed by atoms with Crippen molar-refractivity contribution in [3.8, 4) is 5.75 Å². The number of hydrogen-bond acceptors (Lipinski definition) is 3. The Bertz CT molecular complexity index is 1220. The van der Waals surface area contributed by atoms with Crippen LogP contribution < -0.4 is 10.1 Å². The van der Waals surface area contributed by atoms with Crippen LogP contribution in [0.1, 0.15) is 55.2 Å². The summed E-state index contributed by atoms with van der Waals surface area (Å²) < 4.78 is 21.4. The van der Waals surface area contributed by atoms with Crippen molar-refractivity contribution in [2.24, 2.45) is 5.92 Å². The van der Waals surface area contributed by atoms with Gasteiger partial charge in [0, 0.05) is 34.6 Å².